The molecule has 23 heteroatoms. The molecule has 0 saturated carbocycles. The van der Waals surface area contributed by atoms with Gasteiger partial charge in [0.05, 0.1) is 42.3 Å². The summed E-state index contributed by atoms with van der Waals surface area (Å²) in [7, 11) is 0. The van der Waals surface area contributed by atoms with Crippen LogP contribution in [0.1, 0.15) is 12.0 Å². The number of hydrogen-bond acceptors (Lipinski definition) is 17. The first kappa shape index (κ1) is 53.3. The molecule has 0 bridgehead atoms. The fraction of sp³-hybridized carbons (Fsp3) is 0.327. The Labute approximate surface area is 418 Å². The minimum Gasteiger partial charge on any atom is -0.491 e. The van der Waals surface area contributed by atoms with Crippen LogP contribution in [-0.4, -0.2) is 137 Å². The molecule has 23 nitrogen and oxygen atoms in total. The molecule has 5 heterocycles. The van der Waals surface area contributed by atoms with Gasteiger partial charge in [0.2, 0.25) is 0 Å². The van der Waals surface area contributed by atoms with Gasteiger partial charge in [0, 0.05) is 76.4 Å². The Hall–Kier alpha value is -8.09. The molecular weight excluding hydrogens is 923 g/mol. The van der Waals surface area contributed by atoms with Gasteiger partial charge in [0.15, 0.2) is 17.5 Å². The zero-order chi connectivity index (χ0) is 50.8. The Kier molecular flexibility index (Phi) is 21.6. The number of nitrogens with zero attached hydrogens (tertiary/aromatic N) is 8. The molecule has 2 fully saturated rings. The third-order valence-corrected chi connectivity index (χ3v) is 10.7. The number of aromatic nitrogens is 6. The normalized spacial score (nSPS) is 13.2. The van der Waals surface area contributed by atoms with Gasteiger partial charge in [0.1, 0.15) is 30.5 Å². The van der Waals surface area contributed by atoms with E-state index < -0.39 is 18.1 Å². The van der Waals surface area contributed by atoms with Crippen molar-refractivity contribution in [2.45, 2.75) is 13.3 Å². The number of para-hydroxylation sites is 4. The van der Waals surface area contributed by atoms with Crippen molar-refractivity contribution in [2.75, 3.05) is 111 Å². The van der Waals surface area contributed by atoms with Crippen LogP contribution >= 0.6 is 0 Å². The van der Waals surface area contributed by atoms with E-state index in [4.69, 9.17) is 31.4 Å². The predicted octanol–water partition coefficient (Wildman–Crippen LogP) is 4.94. The highest BCUT2D eigenvalue weighted by atomic mass is 16.5. The lowest BCUT2D eigenvalue weighted by Crippen LogP contribution is -2.50. The van der Waals surface area contributed by atoms with Crippen molar-refractivity contribution in [1.29, 1.82) is 0 Å². The number of nitrogens with one attached hydrogen (secondary N) is 6. The zero-order valence-electron chi connectivity index (χ0n) is 40.2. The minimum atomic E-state index is -0.412. The number of anilines is 6. The average molecular weight is 986 g/mol. The largest absolute Gasteiger partial charge is 0.491 e. The maximum atomic E-state index is 12.2. The Morgan fingerprint density at radius 3 is 1.33 bits per heavy atom. The fourth-order valence-corrected chi connectivity index (χ4v) is 7.01. The molecule has 3 aromatic carbocycles. The van der Waals surface area contributed by atoms with Gasteiger partial charge in [-0.1, -0.05) is 30.3 Å². The quantitative estimate of drug-likeness (QED) is 0.0458. The summed E-state index contributed by atoms with van der Waals surface area (Å²) >= 11 is 0. The van der Waals surface area contributed by atoms with Crippen LogP contribution in [-0.2, 0) is 0 Å². The molecule has 0 spiro atoms. The number of urea groups is 3. The van der Waals surface area contributed by atoms with Gasteiger partial charge in [-0.2, -0.15) is 0 Å². The summed E-state index contributed by atoms with van der Waals surface area (Å²) in [5, 5.41) is 16.1. The van der Waals surface area contributed by atoms with E-state index in [-0.39, 0.29) is 0 Å². The first-order valence-corrected chi connectivity index (χ1v) is 23.4. The van der Waals surface area contributed by atoms with Crippen LogP contribution in [0.4, 0.5) is 48.9 Å². The van der Waals surface area contributed by atoms with E-state index in [2.05, 4.69) is 71.6 Å². The number of aryl methyl sites for hydroxylation is 1. The Morgan fingerprint density at radius 2 is 0.931 bits per heavy atom. The Bertz CT molecular complexity index is 2560. The second kappa shape index (κ2) is 29.2. The van der Waals surface area contributed by atoms with Crippen LogP contribution in [0.15, 0.2) is 123 Å². The van der Waals surface area contributed by atoms with E-state index in [0.717, 1.165) is 64.3 Å². The van der Waals surface area contributed by atoms with Crippen molar-refractivity contribution < 1.29 is 28.6 Å². The lowest BCUT2D eigenvalue weighted by Gasteiger charge is -2.38. The van der Waals surface area contributed by atoms with Crippen LogP contribution in [0.2, 0.25) is 0 Å². The number of benzene rings is 3. The maximum Gasteiger partial charge on any atom is 0.324 e. The third-order valence-electron chi connectivity index (χ3n) is 10.7. The molecule has 380 valence electrons. The van der Waals surface area contributed by atoms with Gasteiger partial charge in [0.25, 0.3) is 0 Å². The first-order valence-electron chi connectivity index (χ1n) is 23.4. The number of rotatable bonds is 20. The van der Waals surface area contributed by atoms with Crippen LogP contribution in [0.3, 0.4) is 0 Å². The lowest BCUT2D eigenvalue weighted by molar-refractivity contribution is 0.0876. The second-order valence-corrected chi connectivity index (χ2v) is 16.4. The molecule has 6 aromatic rings. The monoisotopic (exact) mass is 986 g/mol. The highest BCUT2D eigenvalue weighted by Crippen LogP contribution is 2.27. The van der Waals surface area contributed by atoms with Crippen LogP contribution < -0.4 is 63.3 Å². The summed E-state index contributed by atoms with van der Waals surface area (Å²) in [6, 6.07) is 19.0. The number of ether oxygens (including phenoxy) is 3. The number of nitrogens with two attached hydrogens (primary N) is 3. The van der Waals surface area contributed by atoms with Crippen LogP contribution in [0.25, 0.3) is 0 Å². The summed E-state index contributed by atoms with van der Waals surface area (Å²) in [4.78, 5) is 64.4. The highest BCUT2D eigenvalue weighted by molar-refractivity contribution is 6.01. The summed E-state index contributed by atoms with van der Waals surface area (Å²) in [5.74, 6) is 4.22. The summed E-state index contributed by atoms with van der Waals surface area (Å²) in [6.45, 7) is 11.4. The van der Waals surface area contributed by atoms with Gasteiger partial charge < -0.3 is 47.4 Å². The zero-order valence-corrected chi connectivity index (χ0v) is 40.2. The van der Waals surface area contributed by atoms with Gasteiger partial charge in [-0.05, 0) is 86.8 Å². The first-order chi connectivity index (χ1) is 35.2. The molecule has 2 aliphatic heterocycles. The van der Waals surface area contributed by atoms with E-state index >= 15 is 0 Å². The Morgan fingerprint density at radius 1 is 0.528 bits per heavy atom. The topological polar surface area (TPSA) is 313 Å². The number of carbonyl (C=O) groups excluding carboxylic acids is 3. The van der Waals surface area contributed by atoms with Gasteiger partial charge in [-0.15, -0.1) is 0 Å². The van der Waals surface area contributed by atoms with E-state index in [9.17, 15) is 14.4 Å². The van der Waals surface area contributed by atoms with Crippen molar-refractivity contribution in [3.05, 3.63) is 128 Å². The SMILES string of the molecule is Cc1ccc(OCCN2CC(CN)C2)c(NC(=O)Nc2cnccn2)c1.NCC1CN(CCOc2ccccc2NC(=O)Nc2cnccn2)C1.NCCCOc1ccccc1NC(=O)Nc1cnccn1. The molecule has 3 aromatic heterocycles. The van der Waals surface area contributed by atoms with E-state index in [0.29, 0.717) is 90.0 Å². The van der Waals surface area contributed by atoms with Crippen LogP contribution in [0, 0.1) is 18.8 Å². The van der Waals surface area contributed by atoms with E-state index in [1.54, 1.807) is 30.6 Å². The Balaban J connectivity index is 0.000000178. The van der Waals surface area contributed by atoms with Crippen LogP contribution in [0.5, 0.6) is 17.2 Å². The minimum absolute atomic E-state index is 0.372. The highest BCUT2D eigenvalue weighted by Gasteiger charge is 2.26. The number of likely N-dealkylation sites (tertiary alicyclic amines) is 2. The van der Waals surface area contributed by atoms with E-state index in [1.165, 1.54) is 43.4 Å². The van der Waals surface area contributed by atoms with E-state index in [1.807, 2.05) is 55.5 Å². The van der Waals surface area contributed by atoms with Crippen molar-refractivity contribution in [3.63, 3.8) is 0 Å². The van der Waals surface area contributed by atoms with Gasteiger partial charge >= 0.3 is 18.1 Å². The summed E-state index contributed by atoms with van der Waals surface area (Å²) in [6.07, 6.45) is 14.3. The smallest absolute Gasteiger partial charge is 0.324 e. The molecule has 72 heavy (non-hydrogen) atoms. The fourth-order valence-electron chi connectivity index (χ4n) is 7.01. The second-order valence-electron chi connectivity index (χ2n) is 16.4. The number of amides is 6. The molecule has 6 amide bonds. The molecule has 2 saturated heterocycles. The van der Waals surface area contributed by atoms with Crippen molar-refractivity contribution in [3.8, 4) is 17.2 Å². The van der Waals surface area contributed by atoms with Crippen molar-refractivity contribution >= 4 is 52.6 Å². The van der Waals surface area contributed by atoms with Gasteiger partial charge in [-0.3, -0.25) is 40.7 Å². The standard InChI is InChI=1S/C18H24N6O2.C17H22N6O2.C14H17N5O2/c1-13-2-3-16(26-7-6-24-11-14(9-19)12-24)15(8-13)22-18(25)23-17-10-20-4-5-21-17;18-9-13-11-23(12-13)7-8-25-15-4-2-1-3-14(15)21-17(24)22-16-10-19-5-6-20-16;15-6-3-9-21-12-5-2-1-4-11(12)18-14(20)19-13-10-16-7-8-17-13/h2-5,8,10,14H,6-7,9,11-12,19H2,1H3,(H2,21,22,23,25);1-6,10,13H,7-9,11-12,18H2,(H2,20,21,22,24);1-2,4-5,7-8,10H,3,6,9,15H2,(H2,17,18,19,20). The van der Waals surface area contributed by atoms with Crippen molar-refractivity contribution in [2.24, 2.45) is 29.0 Å². The average Bonchev–Trinajstić information content (AvgIpc) is 3.36. The molecule has 0 radical (unpaired) electrons. The summed E-state index contributed by atoms with van der Waals surface area (Å²) in [5.41, 5.74) is 19.5. The molecule has 12 N–H and O–H groups in total. The summed E-state index contributed by atoms with van der Waals surface area (Å²) < 4.78 is 17.3. The predicted molar refractivity (Wildman–Crippen MR) is 276 cm³/mol. The molecule has 2 aliphatic rings. The maximum absolute atomic E-state index is 12.2. The van der Waals surface area contributed by atoms with Gasteiger partial charge in [-0.25, -0.2) is 29.3 Å². The molecule has 0 aliphatic carbocycles. The molecule has 8 rings (SSSR count). The number of hydrogen-bond donors (Lipinski definition) is 9. The lowest BCUT2D eigenvalue weighted by atomic mass is 10.0. The molecule has 0 atom stereocenters. The third kappa shape index (κ3) is 18.3. The molecule has 0 unspecified atom stereocenters. The molecular formula is C49H63N17O6. The van der Waals surface area contributed by atoms with Crippen molar-refractivity contribution in [1.82, 2.24) is 39.7 Å². The number of carbonyl (C=O) groups is 3.